The number of hydrogen-bond acceptors (Lipinski definition) is 8. The van der Waals surface area contributed by atoms with Gasteiger partial charge in [-0.15, -0.1) is 0 Å². The molecule has 0 aliphatic carbocycles. The molecule has 0 spiro atoms. The number of ether oxygens (including phenoxy) is 1. The first-order valence-corrected chi connectivity index (χ1v) is 13.6. The quantitative estimate of drug-likeness (QED) is 0.240. The van der Waals surface area contributed by atoms with Gasteiger partial charge in [0.05, 0.1) is 23.2 Å². The number of nitrogens with one attached hydrogen (secondary N) is 3. The van der Waals surface area contributed by atoms with Gasteiger partial charge in [0.25, 0.3) is 0 Å². The SMILES string of the molecule is Cc1ccc2c(NC[C@H](C#N)C(C)C)cccc2c1Oc1ncccc1-c1ccnc(N[C@H]2CCCNC2)n1. The molecule has 0 unspecified atom stereocenters. The van der Waals surface area contributed by atoms with Gasteiger partial charge in [0.1, 0.15) is 5.75 Å². The molecule has 39 heavy (non-hydrogen) atoms. The maximum atomic E-state index is 9.52. The van der Waals surface area contributed by atoms with Gasteiger partial charge in [-0.3, -0.25) is 0 Å². The third-order valence-electron chi connectivity index (χ3n) is 7.22. The molecule has 2 aromatic heterocycles. The van der Waals surface area contributed by atoms with Gasteiger partial charge in [0.2, 0.25) is 11.8 Å². The van der Waals surface area contributed by atoms with Crippen molar-refractivity contribution in [1.82, 2.24) is 20.3 Å². The van der Waals surface area contributed by atoms with Gasteiger partial charge >= 0.3 is 0 Å². The molecule has 200 valence electrons. The Labute approximate surface area is 229 Å². The van der Waals surface area contributed by atoms with Crippen LogP contribution in [0.15, 0.2) is 60.9 Å². The third kappa shape index (κ3) is 6.10. The molecule has 4 aromatic rings. The Morgan fingerprint density at radius 1 is 1.08 bits per heavy atom. The maximum absolute atomic E-state index is 9.52. The van der Waals surface area contributed by atoms with Crippen molar-refractivity contribution >= 4 is 22.4 Å². The molecule has 3 heterocycles. The highest BCUT2D eigenvalue weighted by molar-refractivity contribution is 5.98. The molecule has 5 rings (SSSR count). The molecule has 8 nitrogen and oxygen atoms in total. The van der Waals surface area contributed by atoms with E-state index in [2.05, 4.69) is 64.0 Å². The Morgan fingerprint density at radius 3 is 2.77 bits per heavy atom. The number of pyridine rings is 1. The van der Waals surface area contributed by atoms with E-state index in [9.17, 15) is 5.26 Å². The highest BCUT2D eigenvalue weighted by Crippen LogP contribution is 2.38. The van der Waals surface area contributed by atoms with Crippen molar-refractivity contribution in [1.29, 1.82) is 5.26 Å². The lowest BCUT2D eigenvalue weighted by molar-refractivity contribution is 0.466. The number of anilines is 2. The first-order chi connectivity index (χ1) is 19.0. The minimum absolute atomic E-state index is 0.0703. The van der Waals surface area contributed by atoms with Crippen LogP contribution in [0.25, 0.3) is 22.0 Å². The summed E-state index contributed by atoms with van der Waals surface area (Å²) in [6.07, 6.45) is 5.72. The van der Waals surface area contributed by atoms with Gasteiger partial charge in [-0.25, -0.2) is 15.0 Å². The van der Waals surface area contributed by atoms with Crippen molar-refractivity contribution < 1.29 is 4.74 Å². The fraction of sp³-hybridized carbons (Fsp3) is 0.355. The summed E-state index contributed by atoms with van der Waals surface area (Å²) in [5, 5.41) is 21.9. The molecule has 8 heteroatoms. The molecule has 0 radical (unpaired) electrons. The van der Waals surface area contributed by atoms with Crippen LogP contribution in [0.3, 0.4) is 0 Å². The van der Waals surface area contributed by atoms with E-state index >= 15 is 0 Å². The topological polar surface area (TPSA) is 108 Å². The van der Waals surface area contributed by atoms with Crippen molar-refractivity contribution in [2.45, 2.75) is 39.7 Å². The van der Waals surface area contributed by atoms with Gasteiger partial charge in [-0.05, 0) is 62.1 Å². The number of aryl methyl sites for hydroxylation is 1. The standard InChI is InChI=1S/C31H35N7O/c1-20(2)22(17-32)18-36-27-10-4-8-25-24(27)12-11-21(3)29(25)39-30-26(9-6-15-34-30)28-13-16-35-31(38-28)37-23-7-5-14-33-19-23/h4,6,8-13,15-16,20,22-23,33,36H,5,7,14,18-19H2,1-3H3,(H,35,37,38)/t22-,23-/m0/s1. The molecular formula is C31H35N7O. The van der Waals surface area contributed by atoms with Gasteiger partial charge in [0, 0.05) is 48.0 Å². The summed E-state index contributed by atoms with van der Waals surface area (Å²) in [4.78, 5) is 13.8. The molecule has 1 aliphatic rings. The highest BCUT2D eigenvalue weighted by atomic mass is 16.5. The van der Waals surface area contributed by atoms with Gasteiger partial charge in [0.15, 0.2) is 0 Å². The summed E-state index contributed by atoms with van der Waals surface area (Å²) in [7, 11) is 0. The zero-order valence-electron chi connectivity index (χ0n) is 22.7. The fourth-order valence-corrected chi connectivity index (χ4v) is 4.88. The Morgan fingerprint density at radius 2 is 1.97 bits per heavy atom. The van der Waals surface area contributed by atoms with E-state index in [0.717, 1.165) is 65.0 Å². The van der Waals surface area contributed by atoms with Crippen LogP contribution in [0.1, 0.15) is 32.3 Å². The van der Waals surface area contributed by atoms with Crippen LogP contribution in [-0.2, 0) is 0 Å². The first kappa shape index (κ1) is 26.4. The van der Waals surface area contributed by atoms with Crippen molar-refractivity contribution in [3.8, 4) is 29.0 Å². The summed E-state index contributed by atoms with van der Waals surface area (Å²) in [6, 6.07) is 18.7. The van der Waals surface area contributed by atoms with E-state index in [1.165, 1.54) is 0 Å². The molecule has 0 amide bonds. The normalized spacial score (nSPS) is 16.0. The Balaban J connectivity index is 1.45. The predicted octanol–water partition coefficient (Wildman–Crippen LogP) is 6.16. The van der Waals surface area contributed by atoms with Gasteiger partial charge in [-0.1, -0.05) is 38.1 Å². The second kappa shape index (κ2) is 12.1. The predicted molar refractivity (Wildman–Crippen MR) is 156 cm³/mol. The first-order valence-electron chi connectivity index (χ1n) is 13.6. The van der Waals surface area contributed by atoms with Gasteiger partial charge < -0.3 is 20.7 Å². The van der Waals surface area contributed by atoms with Crippen LogP contribution < -0.4 is 20.7 Å². The lowest BCUT2D eigenvalue weighted by Crippen LogP contribution is -2.38. The zero-order chi connectivity index (χ0) is 27.2. The average Bonchev–Trinajstić information content (AvgIpc) is 2.95. The van der Waals surface area contributed by atoms with E-state index in [0.29, 0.717) is 24.4 Å². The second-order valence-corrected chi connectivity index (χ2v) is 10.4. The molecule has 2 atom stereocenters. The molecule has 2 aromatic carbocycles. The number of rotatable bonds is 9. The lowest BCUT2D eigenvalue weighted by Gasteiger charge is -2.23. The monoisotopic (exact) mass is 521 g/mol. The summed E-state index contributed by atoms with van der Waals surface area (Å²) in [5.41, 5.74) is 3.52. The molecule has 0 bridgehead atoms. The number of piperidine rings is 1. The number of hydrogen-bond donors (Lipinski definition) is 3. The zero-order valence-corrected chi connectivity index (χ0v) is 22.7. The van der Waals surface area contributed by atoms with Crippen molar-refractivity contribution in [2.75, 3.05) is 30.3 Å². The Bertz CT molecular complexity index is 1470. The molecule has 3 N–H and O–H groups in total. The van der Waals surface area contributed by atoms with Crippen LogP contribution in [-0.4, -0.2) is 40.6 Å². The number of benzene rings is 2. The van der Waals surface area contributed by atoms with E-state index in [-0.39, 0.29) is 11.8 Å². The van der Waals surface area contributed by atoms with E-state index in [4.69, 9.17) is 9.72 Å². The fourth-order valence-electron chi connectivity index (χ4n) is 4.88. The molecular weight excluding hydrogens is 486 g/mol. The number of nitriles is 1. The Kier molecular flexibility index (Phi) is 8.18. The largest absolute Gasteiger partial charge is 0.437 e. The minimum atomic E-state index is -0.0703. The van der Waals surface area contributed by atoms with Crippen LogP contribution in [0.2, 0.25) is 0 Å². The smallest absolute Gasteiger partial charge is 0.228 e. The second-order valence-electron chi connectivity index (χ2n) is 10.4. The number of nitrogens with zero attached hydrogens (tertiary/aromatic N) is 4. The molecule has 0 saturated carbocycles. The number of aromatic nitrogens is 3. The highest BCUT2D eigenvalue weighted by Gasteiger charge is 2.18. The van der Waals surface area contributed by atoms with Crippen LogP contribution in [0.5, 0.6) is 11.6 Å². The minimum Gasteiger partial charge on any atom is -0.437 e. The van der Waals surface area contributed by atoms with Crippen LogP contribution >= 0.6 is 0 Å². The summed E-state index contributed by atoms with van der Waals surface area (Å²) < 4.78 is 6.56. The van der Waals surface area contributed by atoms with Crippen LogP contribution in [0.4, 0.5) is 11.6 Å². The summed E-state index contributed by atoms with van der Waals surface area (Å²) in [6.45, 7) is 8.72. The van der Waals surface area contributed by atoms with Gasteiger partial charge in [-0.2, -0.15) is 5.26 Å². The van der Waals surface area contributed by atoms with Crippen molar-refractivity contribution in [3.63, 3.8) is 0 Å². The lowest BCUT2D eigenvalue weighted by atomic mass is 9.97. The van der Waals surface area contributed by atoms with Crippen LogP contribution in [0, 0.1) is 30.1 Å². The molecule has 1 saturated heterocycles. The summed E-state index contributed by atoms with van der Waals surface area (Å²) >= 11 is 0. The van der Waals surface area contributed by atoms with E-state index in [1.807, 2.05) is 37.3 Å². The van der Waals surface area contributed by atoms with E-state index in [1.54, 1.807) is 12.4 Å². The average molecular weight is 522 g/mol. The maximum Gasteiger partial charge on any atom is 0.228 e. The number of fused-ring (bicyclic) bond motifs is 1. The van der Waals surface area contributed by atoms with Crippen molar-refractivity contribution in [2.24, 2.45) is 11.8 Å². The van der Waals surface area contributed by atoms with E-state index < -0.39 is 0 Å². The summed E-state index contributed by atoms with van der Waals surface area (Å²) in [5.74, 6) is 2.04. The molecule has 1 aliphatic heterocycles. The van der Waals surface area contributed by atoms with Crippen molar-refractivity contribution in [3.05, 3.63) is 66.5 Å². The third-order valence-corrected chi connectivity index (χ3v) is 7.22. The molecule has 1 fully saturated rings. The Hall–Kier alpha value is -4.22.